The van der Waals surface area contributed by atoms with Crippen molar-refractivity contribution in [2.75, 3.05) is 20.3 Å². The van der Waals surface area contributed by atoms with Crippen LogP contribution in [0.5, 0.6) is 0 Å². The first kappa shape index (κ1) is 16.3. The van der Waals surface area contributed by atoms with Gasteiger partial charge in [-0.2, -0.15) is 5.10 Å². The molecule has 0 aliphatic rings. The van der Waals surface area contributed by atoms with E-state index >= 15 is 0 Å². The summed E-state index contributed by atoms with van der Waals surface area (Å²) < 4.78 is 5.78. The molecular formula is C13H16BrN3O3. The van der Waals surface area contributed by atoms with Crippen molar-refractivity contribution in [2.24, 2.45) is 5.10 Å². The van der Waals surface area contributed by atoms with Gasteiger partial charge in [0.2, 0.25) is 0 Å². The van der Waals surface area contributed by atoms with E-state index in [1.54, 1.807) is 7.11 Å². The molecule has 0 atom stereocenters. The molecule has 0 spiro atoms. The number of amides is 2. The SMILES string of the molecule is COCCCNC(=O)C(=O)N/N=C/c1ccc(Br)cc1. The number of benzene rings is 1. The second-order valence-electron chi connectivity index (χ2n) is 3.85. The van der Waals surface area contributed by atoms with Gasteiger partial charge in [0.1, 0.15) is 0 Å². The molecule has 6 nitrogen and oxygen atoms in total. The second-order valence-corrected chi connectivity index (χ2v) is 4.77. The first-order valence-electron chi connectivity index (χ1n) is 5.99. The summed E-state index contributed by atoms with van der Waals surface area (Å²) in [6.45, 7) is 0.917. The van der Waals surface area contributed by atoms with Crippen LogP contribution in [0.2, 0.25) is 0 Å². The number of hydrogen-bond acceptors (Lipinski definition) is 4. The Balaban J connectivity index is 2.31. The molecule has 20 heavy (non-hydrogen) atoms. The van der Waals surface area contributed by atoms with E-state index in [1.807, 2.05) is 24.3 Å². The van der Waals surface area contributed by atoms with Gasteiger partial charge in [0.05, 0.1) is 6.21 Å². The minimum atomic E-state index is -0.796. The van der Waals surface area contributed by atoms with Crippen LogP contribution in [-0.4, -0.2) is 38.3 Å². The largest absolute Gasteiger partial charge is 0.385 e. The number of hydrazone groups is 1. The molecule has 0 aromatic heterocycles. The number of hydrogen-bond donors (Lipinski definition) is 2. The predicted molar refractivity (Wildman–Crippen MR) is 79.4 cm³/mol. The van der Waals surface area contributed by atoms with Crippen molar-refractivity contribution >= 4 is 34.0 Å². The average molecular weight is 342 g/mol. The predicted octanol–water partition coefficient (Wildman–Crippen LogP) is 1.05. The number of carbonyl (C=O) groups excluding carboxylic acids is 2. The Labute approximate surface area is 125 Å². The van der Waals surface area contributed by atoms with Gasteiger partial charge in [-0.25, -0.2) is 5.43 Å². The third-order valence-corrected chi connectivity index (χ3v) is 2.80. The minimum Gasteiger partial charge on any atom is -0.385 e. The molecule has 0 aliphatic heterocycles. The Morgan fingerprint density at radius 1 is 1.30 bits per heavy atom. The molecular weight excluding hydrogens is 326 g/mol. The van der Waals surface area contributed by atoms with Gasteiger partial charge in [-0.05, 0) is 24.1 Å². The fourth-order valence-electron chi connectivity index (χ4n) is 1.26. The van der Waals surface area contributed by atoms with Crippen molar-refractivity contribution in [3.63, 3.8) is 0 Å². The van der Waals surface area contributed by atoms with Crippen LogP contribution in [0.25, 0.3) is 0 Å². The maximum absolute atomic E-state index is 11.4. The molecule has 0 heterocycles. The number of carbonyl (C=O) groups is 2. The van der Waals surface area contributed by atoms with E-state index in [-0.39, 0.29) is 0 Å². The number of nitrogens with one attached hydrogen (secondary N) is 2. The highest BCUT2D eigenvalue weighted by Crippen LogP contribution is 2.08. The zero-order valence-electron chi connectivity index (χ0n) is 11.1. The summed E-state index contributed by atoms with van der Waals surface area (Å²) in [4.78, 5) is 22.7. The van der Waals surface area contributed by atoms with Gasteiger partial charge < -0.3 is 10.1 Å². The molecule has 2 amide bonds. The lowest BCUT2D eigenvalue weighted by molar-refractivity contribution is -0.139. The summed E-state index contributed by atoms with van der Waals surface area (Å²) in [7, 11) is 1.57. The molecule has 0 saturated carbocycles. The summed E-state index contributed by atoms with van der Waals surface area (Å²) in [5.41, 5.74) is 2.98. The van der Waals surface area contributed by atoms with Crippen LogP contribution in [0.1, 0.15) is 12.0 Å². The van der Waals surface area contributed by atoms with Crippen LogP contribution >= 0.6 is 15.9 Å². The van der Waals surface area contributed by atoms with E-state index in [0.717, 1.165) is 10.0 Å². The van der Waals surface area contributed by atoms with E-state index < -0.39 is 11.8 Å². The van der Waals surface area contributed by atoms with E-state index in [2.05, 4.69) is 31.8 Å². The maximum atomic E-state index is 11.4. The van der Waals surface area contributed by atoms with E-state index in [4.69, 9.17) is 4.74 Å². The third-order valence-electron chi connectivity index (χ3n) is 2.27. The van der Waals surface area contributed by atoms with Crippen molar-refractivity contribution in [3.05, 3.63) is 34.3 Å². The summed E-state index contributed by atoms with van der Waals surface area (Å²) in [5.74, 6) is -1.51. The van der Waals surface area contributed by atoms with Gasteiger partial charge in [-0.3, -0.25) is 9.59 Å². The zero-order chi connectivity index (χ0) is 14.8. The Morgan fingerprint density at radius 2 is 2.00 bits per heavy atom. The Hall–Kier alpha value is -1.73. The molecule has 0 bridgehead atoms. The molecule has 108 valence electrons. The monoisotopic (exact) mass is 341 g/mol. The Morgan fingerprint density at radius 3 is 2.65 bits per heavy atom. The molecule has 2 N–H and O–H groups in total. The van der Waals surface area contributed by atoms with Crippen molar-refractivity contribution in [2.45, 2.75) is 6.42 Å². The van der Waals surface area contributed by atoms with E-state index in [0.29, 0.717) is 19.6 Å². The van der Waals surface area contributed by atoms with Crippen LogP contribution in [0.15, 0.2) is 33.8 Å². The molecule has 0 saturated heterocycles. The number of methoxy groups -OCH3 is 1. The summed E-state index contributed by atoms with van der Waals surface area (Å²) >= 11 is 3.31. The highest BCUT2D eigenvalue weighted by molar-refractivity contribution is 9.10. The smallest absolute Gasteiger partial charge is 0.329 e. The topological polar surface area (TPSA) is 79.8 Å². The fourth-order valence-corrected chi connectivity index (χ4v) is 1.53. The van der Waals surface area contributed by atoms with E-state index in [1.165, 1.54) is 6.21 Å². The highest BCUT2D eigenvalue weighted by atomic mass is 79.9. The van der Waals surface area contributed by atoms with Crippen molar-refractivity contribution in [3.8, 4) is 0 Å². The van der Waals surface area contributed by atoms with Crippen LogP contribution in [0.4, 0.5) is 0 Å². The normalized spacial score (nSPS) is 10.5. The van der Waals surface area contributed by atoms with Crippen LogP contribution in [0.3, 0.4) is 0 Å². The summed E-state index contributed by atoms with van der Waals surface area (Å²) in [6.07, 6.45) is 2.11. The molecule has 0 aliphatic carbocycles. The van der Waals surface area contributed by atoms with Crippen LogP contribution in [0, 0.1) is 0 Å². The maximum Gasteiger partial charge on any atom is 0.329 e. The first-order chi connectivity index (χ1) is 9.63. The average Bonchev–Trinajstić information content (AvgIpc) is 2.45. The van der Waals surface area contributed by atoms with Gasteiger partial charge in [0.25, 0.3) is 0 Å². The lowest BCUT2D eigenvalue weighted by atomic mass is 10.2. The number of rotatable bonds is 6. The molecule has 1 aromatic rings. The summed E-state index contributed by atoms with van der Waals surface area (Å²) in [6, 6.07) is 7.35. The van der Waals surface area contributed by atoms with Gasteiger partial charge >= 0.3 is 11.8 Å². The van der Waals surface area contributed by atoms with Crippen LogP contribution < -0.4 is 10.7 Å². The van der Waals surface area contributed by atoms with Crippen LogP contribution in [-0.2, 0) is 14.3 Å². The van der Waals surface area contributed by atoms with Gasteiger partial charge in [0.15, 0.2) is 0 Å². The summed E-state index contributed by atoms with van der Waals surface area (Å²) in [5, 5.41) is 6.17. The third kappa shape index (κ3) is 6.44. The number of ether oxygens (including phenoxy) is 1. The molecule has 0 fully saturated rings. The fraction of sp³-hybridized carbons (Fsp3) is 0.308. The van der Waals surface area contributed by atoms with Gasteiger partial charge in [-0.1, -0.05) is 28.1 Å². The number of nitrogens with zero attached hydrogens (tertiary/aromatic N) is 1. The van der Waals surface area contributed by atoms with Gasteiger partial charge in [-0.15, -0.1) is 0 Å². The zero-order valence-corrected chi connectivity index (χ0v) is 12.6. The van der Waals surface area contributed by atoms with Crippen molar-refractivity contribution in [1.29, 1.82) is 0 Å². The molecule has 1 aromatic carbocycles. The van der Waals surface area contributed by atoms with Gasteiger partial charge in [0, 0.05) is 24.7 Å². The minimum absolute atomic E-state index is 0.385. The lowest BCUT2D eigenvalue weighted by Crippen LogP contribution is -2.38. The first-order valence-corrected chi connectivity index (χ1v) is 6.78. The molecule has 7 heteroatoms. The highest BCUT2D eigenvalue weighted by Gasteiger charge is 2.10. The quantitative estimate of drug-likeness (QED) is 0.351. The van der Waals surface area contributed by atoms with Crippen molar-refractivity contribution < 1.29 is 14.3 Å². The molecule has 0 unspecified atom stereocenters. The Kier molecular flexibility index (Phi) is 7.52. The molecule has 1 rings (SSSR count). The standard InChI is InChI=1S/C13H16BrN3O3/c1-20-8-2-7-15-12(18)13(19)17-16-9-10-3-5-11(14)6-4-10/h3-6,9H,2,7-8H2,1H3,(H,15,18)(H,17,19)/b16-9+. The molecule has 0 radical (unpaired) electrons. The second kappa shape index (κ2) is 9.22. The van der Waals surface area contributed by atoms with E-state index in [9.17, 15) is 9.59 Å². The number of halogens is 1. The van der Waals surface area contributed by atoms with Crippen molar-refractivity contribution in [1.82, 2.24) is 10.7 Å². The lowest BCUT2D eigenvalue weighted by Gasteiger charge is -2.03. The Bertz CT molecular complexity index is 474.